The van der Waals surface area contributed by atoms with Gasteiger partial charge in [0, 0.05) is 37.8 Å². The molecule has 1 aliphatic heterocycles. The Morgan fingerprint density at radius 3 is 2.41 bits per heavy atom. The van der Waals surface area contributed by atoms with Crippen molar-refractivity contribution >= 4 is 12.1 Å². The minimum absolute atomic E-state index is 0.0846. The van der Waals surface area contributed by atoms with Gasteiger partial charge in [-0.05, 0) is 76.4 Å². The lowest BCUT2D eigenvalue weighted by molar-refractivity contribution is -0.00306. The zero-order chi connectivity index (χ0) is 27.5. The Bertz CT molecular complexity index is 1150. The number of aryl methyl sites for hydroxylation is 2. The van der Waals surface area contributed by atoms with Crippen molar-refractivity contribution in [3.05, 3.63) is 64.0 Å². The van der Waals surface area contributed by atoms with Gasteiger partial charge in [-0.1, -0.05) is 12.1 Å². The molecular formula is C28H37FN2O6. The molecule has 0 saturated carbocycles. The second kappa shape index (κ2) is 11.5. The lowest BCUT2D eigenvalue weighted by Crippen LogP contribution is -2.55. The van der Waals surface area contributed by atoms with Gasteiger partial charge < -0.3 is 24.6 Å². The van der Waals surface area contributed by atoms with Crippen molar-refractivity contribution < 1.29 is 33.7 Å². The predicted octanol–water partition coefficient (Wildman–Crippen LogP) is 4.69. The topological polar surface area (TPSA) is 99.5 Å². The average Bonchev–Trinajstić information content (AvgIpc) is 2.79. The van der Waals surface area contributed by atoms with Crippen LogP contribution in [-0.2, 0) is 11.3 Å². The van der Waals surface area contributed by atoms with E-state index in [-0.39, 0.29) is 23.5 Å². The number of carboxylic acid groups (broad SMARTS) is 1. The second-order valence-corrected chi connectivity index (χ2v) is 10.6. The molecule has 0 unspecified atom stereocenters. The molecule has 2 N–H and O–H groups in total. The normalized spacial score (nSPS) is 17.4. The molecule has 2 aromatic rings. The lowest BCUT2D eigenvalue weighted by Gasteiger charge is -2.41. The van der Waals surface area contributed by atoms with Crippen molar-refractivity contribution in [2.75, 3.05) is 26.2 Å². The van der Waals surface area contributed by atoms with E-state index in [0.29, 0.717) is 54.2 Å². The van der Waals surface area contributed by atoms with Crippen LogP contribution in [0, 0.1) is 19.7 Å². The number of rotatable bonds is 7. The number of aromatic carboxylic acids is 1. The predicted molar refractivity (Wildman–Crippen MR) is 137 cm³/mol. The van der Waals surface area contributed by atoms with Crippen LogP contribution in [0.1, 0.15) is 66.4 Å². The van der Waals surface area contributed by atoms with Gasteiger partial charge >= 0.3 is 12.1 Å². The Balaban J connectivity index is 1.85. The zero-order valence-corrected chi connectivity index (χ0v) is 22.4. The van der Waals surface area contributed by atoms with Crippen LogP contribution in [0.3, 0.4) is 0 Å². The number of ether oxygens (including phenoxy) is 2. The van der Waals surface area contributed by atoms with Crippen LogP contribution in [0.15, 0.2) is 30.3 Å². The van der Waals surface area contributed by atoms with E-state index in [0.717, 1.165) is 0 Å². The number of hydrogen-bond acceptors (Lipinski definition) is 6. The first kappa shape index (κ1) is 28.4. The maximum atomic E-state index is 14.5. The molecule has 2 aromatic carbocycles. The molecule has 1 aliphatic rings. The van der Waals surface area contributed by atoms with Crippen LogP contribution < -0.4 is 4.74 Å². The van der Waals surface area contributed by atoms with Gasteiger partial charge in [0.05, 0.1) is 12.2 Å². The fraction of sp³-hybridized carbons (Fsp3) is 0.500. The molecule has 9 heteroatoms. The molecule has 8 nitrogen and oxygen atoms in total. The zero-order valence-electron chi connectivity index (χ0n) is 22.4. The summed E-state index contributed by atoms with van der Waals surface area (Å²) in [5, 5.41) is 19.4. The van der Waals surface area contributed by atoms with Gasteiger partial charge in [0.2, 0.25) is 0 Å². The standard InChI is InChI=1S/C28H37FN2O6/c1-17-7-8-20(13-23(17)29)25(36-24-11-18(2)22(26(33)34)12-21(24)16-32)15-30-9-10-31(19(3)14-30)27(35)37-28(4,5)6/h7-8,11-13,19,25,32H,9-10,14-16H2,1-6H3,(H,33,34)/t19-,25-/m1/s1. The van der Waals surface area contributed by atoms with Gasteiger partial charge in [-0.2, -0.15) is 0 Å². The minimum atomic E-state index is -1.09. The first-order chi connectivity index (χ1) is 17.3. The number of carbonyl (C=O) groups excluding carboxylic acids is 1. The number of aliphatic hydroxyl groups excluding tert-OH is 1. The summed E-state index contributed by atoms with van der Waals surface area (Å²) in [4.78, 5) is 28.0. The summed E-state index contributed by atoms with van der Waals surface area (Å²) in [6, 6.07) is 7.83. The largest absolute Gasteiger partial charge is 0.484 e. The Hall–Kier alpha value is -3.17. The molecule has 37 heavy (non-hydrogen) atoms. The summed E-state index contributed by atoms with van der Waals surface area (Å²) in [7, 11) is 0. The van der Waals surface area contributed by atoms with Gasteiger partial charge in [0.15, 0.2) is 0 Å². The maximum absolute atomic E-state index is 14.5. The van der Waals surface area contributed by atoms with Crippen LogP contribution >= 0.6 is 0 Å². The van der Waals surface area contributed by atoms with Gasteiger partial charge in [0.25, 0.3) is 0 Å². The van der Waals surface area contributed by atoms with Crippen molar-refractivity contribution in [2.24, 2.45) is 0 Å². The highest BCUT2D eigenvalue weighted by molar-refractivity contribution is 5.90. The fourth-order valence-corrected chi connectivity index (χ4v) is 4.39. The molecule has 0 bridgehead atoms. The number of benzene rings is 2. The Kier molecular flexibility index (Phi) is 8.81. The van der Waals surface area contributed by atoms with E-state index in [9.17, 15) is 24.2 Å². The smallest absolute Gasteiger partial charge is 0.410 e. The summed E-state index contributed by atoms with van der Waals surface area (Å²) in [5.41, 5.74) is 1.47. The molecule has 3 rings (SSSR count). The van der Waals surface area contributed by atoms with Crippen molar-refractivity contribution in [1.29, 1.82) is 0 Å². The number of carboxylic acids is 1. The summed E-state index contributed by atoms with van der Waals surface area (Å²) < 4.78 is 26.4. The first-order valence-electron chi connectivity index (χ1n) is 12.4. The fourth-order valence-electron chi connectivity index (χ4n) is 4.39. The van der Waals surface area contributed by atoms with Crippen molar-refractivity contribution in [3.63, 3.8) is 0 Å². The number of nitrogens with zero attached hydrogens (tertiary/aromatic N) is 2. The van der Waals surface area contributed by atoms with Gasteiger partial charge in [-0.15, -0.1) is 0 Å². The summed E-state index contributed by atoms with van der Waals surface area (Å²) in [5.74, 6) is -1.10. The molecule has 0 spiro atoms. The molecule has 1 fully saturated rings. The van der Waals surface area contributed by atoms with Crippen molar-refractivity contribution in [2.45, 2.75) is 65.9 Å². The quantitative estimate of drug-likeness (QED) is 0.551. The third-order valence-corrected chi connectivity index (χ3v) is 6.41. The lowest BCUT2D eigenvalue weighted by atomic mass is 10.0. The number of hydrogen-bond donors (Lipinski definition) is 2. The van der Waals surface area contributed by atoms with Gasteiger partial charge in [-0.25, -0.2) is 14.0 Å². The van der Waals surface area contributed by atoms with Crippen LogP contribution in [-0.4, -0.2) is 69.9 Å². The second-order valence-electron chi connectivity index (χ2n) is 10.6. The highest BCUT2D eigenvalue weighted by atomic mass is 19.1. The summed E-state index contributed by atoms with van der Waals surface area (Å²) in [6.07, 6.45) is -0.953. The molecular weight excluding hydrogens is 479 g/mol. The monoisotopic (exact) mass is 516 g/mol. The molecule has 1 saturated heterocycles. The minimum Gasteiger partial charge on any atom is -0.484 e. The van der Waals surface area contributed by atoms with E-state index >= 15 is 0 Å². The van der Waals surface area contributed by atoms with Crippen molar-refractivity contribution in [3.8, 4) is 5.75 Å². The number of amides is 1. The SMILES string of the molecule is Cc1ccc([C@@H](CN2CCN(C(=O)OC(C)(C)C)[C@H](C)C2)Oc2cc(C)c(C(=O)O)cc2CO)cc1F. The van der Waals surface area contributed by atoms with E-state index in [1.54, 1.807) is 36.9 Å². The first-order valence-corrected chi connectivity index (χ1v) is 12.4. The Morgan fingerprint density at radius 2 is 1.84 bits per heavy atom. The van der Waals surface area contributed by atoms with Gasteiger partial charge in [0.1, 0.15) is 23.3 Å². The molecule has 2 atom stereocenters. The van der Waals surface area contributed by atoms with E-state index in [1.165, 1.54) is 12.1 Å². The van der Waals surface area contributed by atoms with Crippen LogP contribution in [0.25, 0.3) is 0 Å². The summed E-state index contributed by atoms with van der Waals surface area (Å²) >= 11 is 0. The highest BCUT2D eigenvalue weighted by Gasteiger charge is 2.32. The number of piperazine rings is 1. The van der Waals surface area contributed by atoms with Gasteiger partial charge in [-0.3, -0.25) is 4.90 Å². The van der Waals surface area contributed by atoms with Crippen LogP contribution in [0.4, 0.5) is 9.18 Å². The van der Waals surface area contributed by atoms with Crippen molar-refractivity contribution in [1.82, 2.24) is 9.80 Å². The molecule has 1 amide bonds. The molecule has 202 valence electrons. The number of aliphatic hydroxyl groups is 1. The van der Waals surface area contributed by atoms with E-state index in [1.807, 2.05) is 27.7 Å². The van der Waals surface area contributed by atoms with Crippen LogP contribution in [0.5, 0.6) is 5.75 Å². The van der Waals surface area contributed by atoms with E-state index in [2.05, 4.69) is 4.90 Å². The third kappa shape index (κ3) is 7.20. The highest BCUT2D eigenvalue weighted by Crippen LogP contribution is 2.31. The molecule has 0 aromatic heterocycles. The Labute approximate surface area is 217 Å². The molecule has 1 heterocycles. The van der Waals surface area contributed by atoms with E-state index in [4.69, 9.17) is 9.47 Å². The molecule has 0 radical (unpaired) electrons. The molecule has 0 aliphatic carbocycles. The summed E-state index contributed by atoms with van der Waals surface area (Å²) in [6.45, 7) is 12.4. The average molecular weight is 517 g/mol. The third-order valence-electron chi connectivity index (χ3n) is 6.41. The van der Waals surface area contributed by atoms with Crippen LogP contribution in [0.2, 0.25) is 0 Å². The van der Waals surface area contributed by atoms with E-state index < -0.39 is 24.3 Å². The number of halogens is 1. The maximum Gasteiger partial charge on any atom is 0.410 e. The number of carbonyl (C=O) groups is 2. The Morgan fingerprint density at radius 1 is 1.14 bits per heavy atom.